The number of hydrogen-bond donors (Lipinski definition) is 1. The van der Waals surface area contributed by atoms with Gasteiger partial charge in [-0.05, 0) is 53.8 Å². The van der Waals surface area contributed by atoms with E-state index in [0.29, 0.717) is 30.3 Å². The smallest absolute Gasteiger partial charge is 0.252 e. The first-order valence-corrected chi connectivity index (χ1v) is 11.3. The highest BCUT2D eigenvalue weighted by atomic mass is 79.9. The molecule has 4 rings (SSSR count). The molecule has 1 aliphatic rings. The van der Waals surface area contributed by atoms with Crippen LogP contribution in [0.4, 0.5) is 0 Å². The molecule has 1 aliphatic heterocycles. The second-order valence-corrected chi connectivity index (χ2v) is 8.80. The molecule has 30 heavy (non-hydrogen) atoms. The van der Waals surface area contributed by atoms with Crippen molar-refractivity contribution in [3.8, 4) is 11.6 Å². The molecule has 8 heteroatoms. The second-order valence-electron chi connectivity index (χ2n) is 6.88. The maximum absolute atomic E-state index is 12.4. The van der Waals surface area contributed by atoms with Gasteiger partial charge in [-0.25, -0.2) is 4.98 Å². The molecular formula is C22H20BrN3O3S. The fourth-order valence-corrected chi connectivity index (χ4v) is 4.36. The molecule has 3 aromatic rings. The Morgan fingerprint density at radius 3 is 2.77 bits per heavy atom. The van der Waals surface area contributed by atoms with Crippen LogP contribution in [0, 0.1) is 0 Å². The summed E-state index contributed by atoms with van der Waals surface area (Å²) in [5, 5.41) is 4.86. The van der Waals surface area contributed by atoms with Gasteiger partial charge in [-0.1, -0.05) is 15.9 Å². The minimum atomic E-state index is -0.260. The van der Waals surface area contributed by atoms with Gasteiger partial charge in [-0.15, -0.1) is 11.3 Å². The largest absolute Gasteiger partial charge is 0.439 e. The Hall–Kier alpha value is -2.71. The standard InChI is InChI=1S/C22H20BrN3O3S/c23-17-2-4-18(5-3-17)29-20-6-1-15(13-25-20)22(28)24-10-7-21(27)26-11-8-19-16(14-26)9-12-30-19/h1-6,9,12-13H,7-8,10-11,14H2,(H,24,28). The van der Waals surface area contributed by atoms with Gasteiger partial charge in [0.15, 0.2) is 0 Å². The van der Waals surface area contributed by atoms with Gasteiger partial charge < -0.3 is 15.0 Å². The van der Waals surface area contributed by atoms with Gasteiger partial charge in [0, 0.05) is 47.7 Å². The van der Waals surface area contributed by atoms with Gasteiger partial charge in [0.05, 0.1) is 5.56 Å². The highest BCUT2D eigenvalue weighted by Gasteiger charge is 2.21. The molecule has 0 spiro atoms. The first-order valence-electron chi connectivity index (χ1n) is 9.59. The summed E-state index contributed by atoms with van der Waals surface area (Å²) in [4.78, 5) is 32.2. The van der Waals surface area contributed by atoms with Crippen molar-refractivity contribution >= 4 is 39.1 Å². The molecule has 1 N–H and O–H groups in total. The molecule has 3 heterocycles. The maximum atomic E-state index is 12.4. The van der Waals surface area contributed by atoms with Crippen LogP contribution in [-0.2, 0) is 17.8 Å². The van der Waals surface area contributed by atoms with Crippen LogP contribution in [0.5, 0.6) is 11.6 Å². The van der Waals surface area contributed by atoms with Crippen LogP contribution < -0.4 is 10.1 Å². The van der Waals surface area contributed by atoms with E-state index in [-0.39, 0.29) is 18.2 Å². The Morgan fingerprint density at radius 2 is 2.00 bits per heavy atom. The van der Waals surface area contributed by atoms with E-state index < -0.39 is 0 Å². The van der Waals surface area contributed by atoms with E-state index in [9.17, 15) is 9.59 Å². The highest BCUT2D eigenvalue weighted by molar-refractivity contribution is 9.10. The fourth-order valence-electron chi connectivity index (χ4n) is 3.20. The summed E-state index contributed by atoms with van der Waals surface area (Å²) in [5.41, 5.74) is 1.66. The van der Waals surface area contributed by atoms with Gasteiger partial charge in [0.25, 0.3) is 5.91 Å². The van der Waals surface area contributed by atoms with Crippen LogP contribution in [0.25, 0.3) is 0 Å². The van der Waals surface area contributed by atoms with Crippen LogP contribution in [0.2, 0.25) is 0 Å². The van der Waals surface area contributed by atoms with Gasteiger partial charge in [-0.2, -0.15) is 0 Å². The van der Waals surface area contributed by atoms with Gasteiger partial charge in [0.1, 0.15) is 5.75 Å². The summed E-state index contributed by atoms with van der Waals surface area (Å²) in [6, 6.07) is 12.8. The van der Waals surface area contributed by atoms with Crippen molar-refractivity contribution in [1.29, 1.82) is 0 Å². The number of nitrogens with one attached hydrogen (secondary N) is 1. The molecule has 0 aliphatic carbocycles. The third kappa shape index (κ3) is 5.06. The number of ether oxygens (including phenoxy) is 1. The summed E-state index contributed by atoms with van der Waals surface area (Å²) in [6.07, 6.45) is 2.66. The number of pyridine rings is 1. The van der Waals surface area contributed by atoms with Gasteiger partial charge in [0.2, 0.25) is 11.8 Å². The van der Waals surface area contributed by atoms with Crippen LogP contribution in [0.1, 0.15) is 27.2 Å². The van der Waals surface area contributed by atoms with Crippen molar-refractivity contribution in [2.45, 2.75) is 19.4 Å². The maximum Gasteiger partial charge on any atom is 0.252 e. The number of carbonyl (C=O) groups is 2. The lowest BCUT2D eigenvalue weighted by molar-refractivity contribution is -0.131. The minimum absolute atomic E-state index is 0.0588. The lowest BCUT2D eigenvalue weighted by Crippen LogP contribution is -2.37. The molecule has 0 bridgehead atoms. The van der Waals surface area contributed by atoms with Crippen molar-refractivity contribution in [3.63, 3.8) is 0 Å². The van der Waals surface area contributed by atoms with Crippen molar-refractivity contribution in [1.82, 2.24) is 15.2 Å². The first kappa shape index (κ1) is 20.6. The third-order valence-corrected chi connectivity index (χ3v) is 6.37. The molecule has 6 nitrogen and oxygen atoms in total. The summed E-state index contributed by atoms with van der Waals surface area (Å²) < 4.78 is 6.62. The van der Waals surface area contributed by atoms with E-state index in [4.69, 9.17) is 4.74 Å². The molecule has 0 radical (unpaired) electrons. The van der Waals surface area contributed by atoms with Crippen molar-refractivity contribution in [2.24, 2.45) is 0 Å². The molecule has 1 aromatic carbocycles. The van der Waals surface area contributed by atoms with Crippen LogP contribution in [0.3, 0.4) is 0 Å². The lowest BCUT2D eigenvalue weighted by Gasteiger charge is -2.27. The molecule has 0 saturated heterocycles. The molecule has 2 aromatic heterocycles. The van der Waals surface area contributed by atoms with E-state index in [1.54, 1.807) is 23.5 Å². The van der Waals surface area contributed by atoms with E-state index in [2.05, 4.69) is 37.7 Å². The van der Waals surface area contributed by atoms with Crippen LogP contribution in [-0.4, -0.2) is 34.8 Å². The average Bonchev–Trinajstić information content (AvgIpc) is 3.23. The number of amides is 2. The van der Waals surface area contributed by atoms with Crippen LogP contribution >= 0.6 is 27.3 Å². The number of halogens is 1. The number of rotatable bonds is 6. The Balaban J connectivity index is 1.24. The Bertz CT molecular complexity index is 1030. The summed E-state index contributed by atoms with van der Waals surface area (Å²) >= 11 is 5.12. The number of benzene rings is 1. The van der Waals surface area contributed by atoms with Crippen molar-refractivity contribution < 1.29 is 14.3 Å². The van der Waals surface area contributed by atoms with E-state index >= 15 is 0 Å². The van der Waals surface area contributed by atoms with Crippen LogP contribution in [0.15, 0.2) is 58.5 Å². The second kappa shape index (κ2) is 9.40. The highest BCUT2D eigenvalue weighted by Crippen LogP contribution is 2.24. The average molecular weight is 486 g/mol. The van der Waals surface area contributed by atoms with Crippen molar-refractivity contribution in [2.75, 3.05) is 13.1 Å². The zero-order chi connectivity index (χ0) is 20.9. The Kier molecular flexibility index (Phi) is 6.44. The first-order chi connectivity index (χ1) is 14.6. The van der Waals surface area contributed by atoms with E-state index in [0.717, 1.165) is 17.4 Å². The number of fused-ring (bicyclic) bond motifs is 1. The summed E-state index contributed by atoms with van der Waals surface area (Å²) in [7, 11) is 0. The summed E-state index contributed by atoms with van der Waals surface area (Å²) in [6.45, 7) is 1.70. The van der Waals surface area contributed by atoms with E-state index in [1.165, 1.54) is 16.6 Å². The third-order valence-electron chi connectivity index (χ3n) is 4.82. The zero-order valence-electron chi connectivity index (χ0n) is 16.1. The van der Waals surface area contributed by atoms with E-state index in [1.807, 2.05) is 29.2 Å². The molecular weight excluding hydrogens is 466 g/mol. The molecule has 2 amide bonds. The molecule has 0 unspecified atom stereocenters. The fraction of sp³-hybridized carbons (Fsp3) is 0.227. The quantitative estimate of drug-likeness (QED) is 0.561. The summed E-state index contributed by atoms with van der Waals surface area (Å²) in [5.74, 6) is 0.864. The minimum Gasteiger partial charge on any atom is -0.439 e. The number of aromatic nitrogens is 1. The lowest BCUT2D eigenvalue weighted by atomic mass is 10.1. The Morgan fingerprint density at radius 1 is 1.17 bits per heavy atom. The predicted molar refractivity (Wildman–Crippen MR) is 119 cm³/mol. The zero-order valence-corrected chi connectivity index (χ0v) is 18.5. The van der Waals surface area contributed by atoms with Gasteiger partial charge in [-0.3, -0.25) is 9.59 Å². The predicted octanol–water partition coefficient (Wildman–Crippen LogP) is 4.40. The van der Waals surface area contributed by atoms with Crippen molar-refractivity contribution in [3.05, 3.63) is 74.5 Å². The number of carbonyl (C=O) groups excluding carboxylic acids is 2. The van der Waals surface area contributed by atoms with Gasteiger partial charge >= 0.3 is 0 Å². The normalized spacial score (nSPS) is 12.9. The topological polar surface area (TPSA) is 71.5 Å². The Labute approximate surface area is 187 Å². The number of hydrogen-bond acceptors (Lipinski definition) is 5. The molecule has 0 saturated carbocycles. The molecule has 0 atom stereocenters. The molecule has 0 fully saturated rings. The number of nitrogens with zero attached hydrogens (tertiary/aromatic N) is 2. The molecule has 154 valence electrons. The monoisotopic (exact) mass is 485 g/mol. The SMILES string of the molecule is O=C(NCCC(=O)N1CCc2sccc2C1)c1ccc(Oc2ccc(Br)cc2)nc1. The number of thiophene rings is 1.